The predicted molar refractivity (Wildman–Crippen MR) is 108 cm³/mol. The molecule has 30 heavy (non-hydrogen) atoms. The van der Waals surface area contributed by atoms with Crippen molar-refractivity contribution < 1.29 is 32.9 Å². The van der Waals surface area contributed by atoms with E-state index in [1.54, 1.807) is 24.3 Å². The summed E-state index contributed by atoms with van der Waals surface area (Å²) in [6.45, 7) is 0. The summed E-state index contributed by atoms with van der Waals surface area (Å²) in [5, 5.41) is 19.4. The van der Waals surface area contributed by atoms with Gasteiger partial charge in [-0.3, -0.25) is 0 Å². The van der Waals surface area contributed by atoms with Gasteiger partial charge in [0.05, 0.1) is 24.2 Å². The molecule has 1 saturated carbocycles. The van der Waals surface area contributed by atoms with Gasteiger partial charge in [-0.15, -0.1) is 0 Å². The Kier molecular flexibility index (Phi) is 5.27. The molecule has 0 saturated heterocycles. The van der Waals surface area contributed by atoms with Crippen LogP contribution in [0.4, 0.5) is 0 Å². The van der Waals surface area contributed by atoms with Gasteiger partial charge in [0.1, 0.15) is 17.6 Å². The topological polar surface area (TPSA) is 122 Å². The number of aliphatic carboxylic acids is 1. The number of nitrogens with one attached hydrogen (secondary N) is 1. The number of para-hydroxylation sites is 1. The molecular formula is C21H21NO7S. The summed E-state index contributed by atoms with van der Waals surface area (Å²) in [5.74, 6) is -0.409. The summed E-state index contributed by atoms with van der Waals surface area (Å²) >= 11 is 0. The van der Waals surface area contributed by atoms with Crippen LogP contribution in [-0.4, -0.2) is 50.0 Å². The van der Waals surface area contributed by atoms with Crippen molar-refractivity contribution in [2.45, 2.75) is 35.5 Å². The van der Waals surface area contributed by atoms with Gasteiger partial charge >= 0.3 is 5.97 Å². The highest BCUT2D eigenvalue weighted by Gasteiger charge is 2.51. The Labute approximate surface area is 173 Å². The number of rotatable bonds is 6. The summed E-state index contributed by atoms with van der Waals surface area (Å²) in [4.78, 5) is 10.9. The molecule has 2 aliphatic rings. The van der Waals surface area contributed by atoms with Crippen molar-refractivity contribution in [3.63, 3.8) is 0 Å². The second-order valence-corrected chi connectivity index (χ2v) is 8.96. The normalized spacial score (nSPS) is 25.0. The molecule has 9 heteroatoms. The van der Waals surface area contributed by atoms with Crippen LogP contribution in [0, 0.1) is 0 Å². The van der Waals surface area contributed by atoms with Crippen LogP contribution in [0.15, 0.2) is 53.4 Å². The molecule has 0 spiro atoms. The number of hydrogen-bond donors (Lipinski definition) is 3. The molecular weight excluding hydrogens is 410 g/mol. The lowest BCUT2D eigenvalue weighted by molar-refractivity contribution is -0.131. The zero-order valence-electron chi connectivity index (χ0n) is 16.1. The van der Waals surface area contributed by atoms with Crippen molar-refractivity contribution in [1.29, 1.82) is 0 Å². The molecule has 2 aromatic carbocycles. The molecule has 1 heterocycles. The summed E-state index contributed by atoms with van der Waals surface area (Å²) in [6, 6.07) is 10.5. The number of sulfonamides is 1. The van der Waals surface area contributed by atoms with Crippen molar-refractivity contribution in [2.75, 3.05) is 7.11 Å². The number of hydrogen-bond acceptors (Lipinski definition) is 6. The van der Waals surface area contributed by atoms with E-state index in [-0.39, 0.29) is 17.2 Å². The van der Waals surface area contributed by atoms with Crippen LogP contribution in [0.1, 0.15) is 23.5 Å². The second-order valence-electron chi connectivity index (χ2n) is 7.24. The number of carboxylic acid groups (broad SMARTS) is 1. The number of aliphatic hydroxyl groups excluding tert-OH is 1. The molecule has 4 atom stereocenters. The fraction of sp³-hybridized carbons (Fsp3) is 0.286. The highest BCUT2D eigenvalue weighted by Crippen LogP contribution is 2.49. The molecule has 8 nitrogen and oxygen atoms in total. The summed E-state index contributed by atoms with van der Waals surface area (Å²) < 4.78 is 39.5. The van der Waals surface area contributed by atoms with Crippen LogP contribution < -0.4 is 14.2 Å². The van der Waals surface area contributed by atoms with E-state index in [2.05, 4.69) is 4.72 Å². The molecule has 3 N–H and O–H groups in total. The molecule has 4 unspecified atom stereocenters. The highest BCUT2D eigenvalue weighted by molar-refractivity contribution is 7.89. The van der Waals surface area contributed by atoms with Crippen molar-refractivity contribution >= 4 is 22.1 Å². The first kappa shape index (κ1) is 20.4. The van der Waals surface area contributed by atoms with Crippen LogP contribution in [0.3, 0.4) is 0 Å². The average Bonchev–Trinajstić information content (AvgIpc) is 3.22. The fourth-order valence-corrected chi connectivity index (χ4v) is 5.38. The van der Waals surface area contributed by atoms with Crippen molar-refractivity contribution in [3.8, 4) is 11.5 Å². The predicted octanol–water partition coefficient (Wildman–Crippen LogP) is 1.75. The van der Waals surface area contributed by atoms with Gasteiger partial charge in [0.25, 0.3) is 0 Å². The third-order valence-electron chi connectivity index (χ3n) is 5.45. The average molecular weight is 431 g/mol. The second kappa shape index (κ2) is 7.75. The number of ether oxygens (including phenoxy) is 2. The molecule has 1 aliphatic heterocycles. The first-order valence-corrected chi connectivity index (χ1v) is 10.8. The monoisotopic (exact) mass is 431 g/mol. The zero-order chi connectivity index (χ0) is 21.5. The minimum atomic E-state index is -3.89. The summed E-state index contributed by atoms with van der Waals surface area (Å²) in [6.07, 6.45) is 1.40. The van der Waals surface area contributed by atoms with Gasteiger partial charge < -0.3 is 19.7 Å². The van der Waals surface area contributed by atoms with Crippen molar-refractivity contribution in [1.82, 2.24) is 4.72 Å². The highest BCUT2D eigenvalue weighted by atomic mass is 32.2. The van der Waals surface area contributed by atoms with Gasteiger partial charge in [-0.1, -0.05) is 18.2 Å². The lowest BCUT2D eigenvalue weighted by atomic mass is 9.93. The van der Waals surface area contributed by atoms with E-state index in [9.17, 15) is 18.3 Å². The Bertz CT molecular complexity index is 1090. The third-order valence-corrected chi connectivity index (χ3v) is 6.92. The van der Waals surface area contributed by atoms with Gasteiger partial charge in [-0.25, -0.2) is 17.9 Å². The minimum absolute atomic E-state index is 0.0660. The van der Waals surface area contributed by atoms with E-state index in [1.165, 1.54) is 25.3 Å². The fourth-order valence-electron chi connectivity index (χ4n) is 4.09. The van der Waals surface area contributed by atoms with E-state index in [0.29, 0.717) is 17.1 Å². The van der Waals surface area contributed by atoms with Gasteiger partial charge in [0.15, 0.2) is 0 Å². The minimum Gasteiger partial charge on any atom is -0.497 e. The standard InChI is InChI=1S/C21H21NO7S/c1-28-13-6-8-14(9-7-13)30(26,27)22-20-16(23)11-17-19(20)15-4-2-3-12(21(15)29-17)5-10-18(24)25/h2-10,16-17,19-20,22-23H,11H2,1H3,(H,24,25). The quantitative estimate of drug-likeness (QED) is 0.596. The maximum atomic E-state index is 12.9. The van der Waals surface area contributed by atoms with E-state index >= 15 is 0 Å². The molecule has 158 valence electrons. The maximum Gasteiger partial charge on any atom is 0.328 e. The summed E-state index contributed by atoms with van der Waals surface area (Å²) in [7, 11) is -2.39. The Balaban J connectivity index is 1.64. The lowest BCUT2D eigenvalue weighted by Crippen LogP contribution is -2.43. The molecule has 1 fully saturated rings. The molecule has 0 amide bonds. The number of methoxy groups -OCH3 is 1. The van der Waals surface area contributed by atoms with E-state index in [4.69, 9.17) is 14.6 Å². The van der Waals surface area contributed by atoms with E-state index in [0.717, 1.165) is 11.6 Å². The molecule has 1 aliphatic carbocycles. The van der Waals surface area contributed by atoms with Crippen LogP contribution >= 0.6 is 0 Å². The Morgan fingerprint density at radius 1 is 1.23 bits per heavy atom. The van der Waals surface area contributed by atoms with Gasteiger partial charge in [-0.05, 0) is 30.3 Å². The number of aliphatic hydroxyl groups is 1. The summed E-state index contributed by atoms with van der Waals surface area (Å²) in [5.41, 5.74) is 1.34. The first-order chi connectivity index (χ1) is 14.3. The smallest absolute Gasteiger partial charge is 0.328 e. The zero-order valence-corrected chi connectivity index (χ0v) is 16.9. The number of benzene rings is 2. The first-order valence-electron chi connectivity index (χ1n) is 9.35. The Morgan fingerprint density at radius 2 is 1.97 bits per heavy atom. The van der Waals surface area contributed by atoms with Crippen molar-refractivity contribution in [2.24, 2.45) is 0 Å². The Hall–Kier alpha value is -2.88. The van der Waals surface area contributed by atoms with Crippen molar-refractivity contribution in [3.05, 3.63) is 59.7 Å². The Morgan fingerprint density at radius 3 is 2.63 bits per heavy atom. The molecule has 2 aromatic rings. The third kappa shape index (κ3) is 3.67. The van der Waals surface area contributed by atoms with Crippen LogP contribution in [0.25, 0.3) is 6.08 Å². The number of fused-ring (bicyclic) bond motifs is 3. The maximum absolute atomic E-state index is 12.9. The van der Waals surface area contributed by atoms with E-state index in [1.807, 2.05) is 6.07 Å². The lowest BCUT2D eigenvalue weighted by Gasteiger charge is -2.22. The van der Waals surface area contributed by atoms with Gasteiger partial charge in [0.2, 0.25) is 10.0 Å². The molecule has 4 rings (SSSR count). The van der Waals surface area contributed by atoms with Gasteiger partial charge in [0, 0.05) is 29.5 Å². The van der Waals surface area contributed by atoms with Gasteiger partial charge in [-0.2, -0.15) is 0 Å². The number of carbonyl (C=O) groups is 1. The molecule has 0 aromatic heterocycles. The van der Waals surface area contributed by atoms with Crippen LogP contribution in [0.5, 0.6) is 11.5 Å². The van der Waals surface area contributed by atoms with E-state index < -0.39 is 34.2 Å². The largest absolute Gasteiger partial charge is 0.497 e. The molecule has 0 radical (unpaired) electrons. The molecule has 0 bridgehead atoms. The number of carboxylic acids is 1. The van der Waals surface area contributed by atoms with Crippen LogP contribution in [0.2, 0.25) is 0 Å². The SMILES string of the molecule is COc1ccc(S(=O)(=O)NC2C(O)CC3Oc4c(C=CC(=O)O)cccc4C32)cc1. The van der Waals surface area contributed by atoms with Crippen LogP contribution in [-0.2, 0) is 14.8 Å².